The van der Waals surface area contributed by atoms with Crippen molar-refractivity contribution in [3.8, 4) is 5.69 Å². The van der Waals surface area contributed by atoms with Crippen molar-refractivity contribution in [2.45, 2.75) is 18.9 Å². The van der Waals surface area contributed by atoms with E-state index >= 15 is 0 Å². The summed E-state index contributed by atoms with van der Waals surface area (Å²) in [6.07, 6.45) is 3.53. The third kappa shape index (κ3) is 5.04. The standard InChI is InChI=1S/C24H26Cl2N6O2/c1-30(2)17-10-12-31(13-11-17)24(34)15-6-8-16(9-7-15)28-20-14-32(29-21(20)23(27)33)22-18(25)4-3-5-19(22)26/h3-9,14,17,28H,10-13H2,1-2H3,(H2,27,33). The molecule has 2 amide bonds. The predicted molar refractivity (Wildman–Crippen MR) is 134 cm³/mol. The van der Waals surface area contributed by atoms with Gasteiger partial charge in [0.25, 0.3) is 11.8 Å². The van der Waals surface area contributed by atoms with Gasteiger partial charge < -0.3 is 20.9 Å². The van der Waals surface area contributed by atoms with Crippen LogP contribution in [0.5, 0.6) is 0 Å². The smallest absolute Gasteiger partial charge is 0.271 e. The quantitative estimate of drug-likeness (QED) is 0.528. The Morgan fingerprint density at radius 1 is 1.06 bits per heavy atom. The van der Waals surface area contributed by atoms with Crippen LogP contribution in [-0.2, 0) is 0 Å². The fraction of sp³-hybridized carbons (Fsp3) is 0.292. The Hall–Kier alpha value is -3.07. The van der Waals surface area contributed by atoms with Gasteiger partial charge in [0.15, 0.2) is 5.69 Å². The molecular formula is C24H26Cl2N6O2. The Morgan fingerprint density at radius 3 is 2.24 bits per heavy atom. The van der Waals surface area contributed by atoms with Crippen LogP contribution >= 0.6 is 23.2 Å². The highest BCUT2D eigenvalue weighted by molar-refractivity contribution is 6.37. The van der Waals surface area contributed by atoms with Crippen LogP contribution in [0.25, 0.3) is 5.69 Å². The minimum Gasteiger partial charge on any atom is -0.364 e. The van der Waals surface area contributed by atoms with E-state index in [1.54, 1.807) is 48.7 Å². The summed E-state index contributed by atoms with van der Waals surface area (Å²) in [6.45, 7) is 1.49. The van der Waals surface area contributed by atoms with Gasteiger partial charge in [-0.05, 0) is 63.3 Å². The molecule has 4 rings (SSSR count). The Morgan fingerprint density at radius 2 is 1.68 bits per heavy atom. The molecule has 0 bridgehead atoms. The van der Waals surface area contributed by atoms with Crippen molar-refractivity contribution in [3.05, 3.63) is 70.0 Å². The molecular weight excluding hydrogens is 475 g/mol. The Kier molecular flexibility index (Phi) is 7.11. The number of para-hydroxylation sites is 1. The van der Waals surface area contributed by atoms with Crippen LogP contribution in [0, 0.1) is 0 Å². The van der Waals surface area contributed by atoms with Crippen molar-refractivity contribution in [2.24, 2.45) is 5.73 Å². The van der Waals surface area contributed by atoms with Crippen molar-refractivity contribution in [1.82, 2.24) is 19.6 Å². The molecule has 1 aromatic heterocycles. The summed E-state index contributed by atoms with van der Waals surface area (Å²) < 4.78 is 1.42. The zero-order valence-electron chi connectivity index (χ0n) is 19.0. The molecule has 1 saturated heterocycles. The van der Waals surface area contributed by atoms with E-state index in [4.69, 9.17) is 28.9 Å². The first-order valence-electron chi connectivity index (χ1n) is 10.9. The minimum absolute atomic E-state index is 0.0164. The lowest BCUT2D eigenvalue weighted by atomic mass is 10.0. The van der Waals surface area contributed by atoms with Gasteiger partial charge in [-0.3, -0.25) is 9.59 Å². The van der Waals surface area contributed by atoms with Crippen molar-refractivity contribution in [3.63, 3.8) is 0 Å². The van der Waals surface area contributed by atoms with Crippen LogP contribution in [0.15, 0.2) is 48.7 Å². The maximum atomic E-state index is 12.9. The van der Waals surface area contributed by atoms with Gasteiger partial charge in [-0.1, -0.05) is 29.3 Å². The molecule has 0 atom stereocenters. The molecule has 0 saturated carbocycles. The van der Waals surface area contributed by atoms with Crippen LogP contribution in [0.3, 0.4) is 0 Å². The summed E-state index contributed by atoms with van der Waals surface area (Å²) in [5.74, 6) is -0.680. The Balaban J connectivity index is 1.51. The number of likely N-dealkylation sites (tertiary alicyclic amines) is 1. The van der Waals surface area contributed by atoms with Crippen molar-refractivity contribution < 1.29 is 9.59 Å². The number of amides is 2. The first kappa shape index (κ1) is 24.1. The fourth-order valence-corrected chi connectivity index (χ4v) is 4.66. The van der Waals surface area contributed by atoms with Crippen LogP contribution < -0.4 is 11.1 Å². The number of hydrogen-bond acceptors (Lipinski definition) is 5. The second-order valence-corrected chi connectivity index (χ2v) is 9.27. The molecule has 3 N–H and O–H groups in total. The summed E-state index contributed by atoms with van der Waals surface area (Å²) in [5, 5.41) is 8.18. The molecule has 0 radical (unpaired) electrons. The molecule has 0 aliphatic carbocycles. The van der Waals surface area contributed by atoms with Crippen LogP contribution in [0.4, 0.5) is 11.4 Å². The van der Waals surface area contributed by atoms with Gasteiger partial charge in [-0.25, -0.2) is 4.68 Å². The molecule has 10 heteroatoms. The fourth-order valence-electron chi connectivity index (χ4n) is 4.09. The van der Waals surface area contributed by atoms with E-state index in [0.717, 1.165) is 25.9 Å². The molecule has 178 valence electrons. The number of benzene rings is 2. The molecule has 2 heterocycles. The van der Waals surface area contributed by atoms with Crippen molar-refractivity contribution >= 4 is 46.4 Å². The average molecular weight is 501 g/mol. The highest BCUT2D eigenvalue weighted by Crippen LogP contribution is 2.30. The number of aromatic nitrogens is 2. The number of carbonyl (C=O) groups excluding carboxylic acids is 2. The number of nitrogens with zero attached hydrogens (tertiary/aromatic N) is 4. The van der Waals surface area contributed by atoms with E-state index in [0.29, 0.717) is 38.7 Å². The lowest BCUT2D eigenvalue weighted by molar-refractivity contribution is 0.0663. The normalized spacial score (nSPS) is 14.4. The molecule has 1 aliphatic rings. The number of piperidine rings is 1. The van der Waals surface area contributed by atoms with Gasteiger partial charge in [0.2, 0.25) is 0 Å². The van der Waals surface area contributed by atoms with Gasteiger partial charge in [0, 0.05) is 30.4 Å². The highest BCUT2D eigenvalue weighted by Gasteiger charge is 2.24. The third-order valence-corrected chi connectivity index (χ3v) is 6.62. The molecule has 34 heavy (non-hydrogen) atoms. The highest BCUT2D eigenvalue weighted by atomic mass is 35.5. The Labute approximate surface area is 208 Å². The van der Waals surface area contributed by atoms with E-state index in [9.17, 15) is 9.59 Å². The van der Waals surface area contributed by atoms with Crippen LogP contribution in [0.2, 0.25) is 10.0 Å². The van der Waals surface area contributed by atoms with Gasteiger partial charge >= 0.3 is 0 Å². The summed E-state index contributed by atoms with van der Waals surface area (Å²) >= 11 is 12.6. The predicted octanol–water partition coefficient (Wildman–Crippen LogP) is 4.19. The average Bonchev–Trinajstić information content (AvgIpc) is 3.22. The number of anilines is 2. The number of nitrogens with one attached hydrogen (secondary N) is 1. The number of rotatable bonds is 6. The lowest BCUT2D eigenvalue weighted by Gasteiger charge is -2.35. The zero-order valence-corrected chi connectivity index (χ0v) is 20.5. The zero-order chi connectivity index (χ0) is 24.4. The molecule has 1 aliphatic heterocycles. The van der Waals surface area contributed by atoms with E-state index in [2.05, 4.69) is 29.4 Å². The SMILES string of the molecule is CN(C)C1CCN(C(=O)c2ccc(Nc3cn(-c4c(Cl)cccc4Cl)nc3C(N)=O)cc2)CC1. The summed E-state index contributed by atoms with van der Waals surface area (Å²) in [4.78, 5) is 29.0. The van der Waals surface area contributed by atoms with Gasteiger partial charge in [-0.2, -0.15) is 5.10 Å². The van der Waals surface area contributed by atoms with Crippen molar-refractivity contribution in [2.75, 3.05) is 32.5 Å². The number of carbonyl (C=O) groups is 2. The number of halogens is 2. The Bertz CT molecular complexity index is 1180. The van der Waals surface area contributed by atoms with E-state index in [1.807, 2.05) is 4.90 Å². The van der Waals surface area contributed by atoms with Gasteiger partial charge in [0.1, 0.15) is 5.69 Å². The second-order valence-electron chi connectivity index (χ2n) is 8.46. The van der Waals surface area contributed by atoms with Crippen LogP contribution in [-0.4, -0.2) is 64.6 Å². The van der Waals surface area contributed by atoms with E-state index in [-0.39, 0.29) is 11.6 Å². The minimum atomic E-state index is -0.697. The first-order chi connectivity index (χ1) is 16.2. The maximum absolute atomic E-state index is 12.9. The second kappa shape index (κ2) is 10.0. The molecule has 1 fully saturated rings. The number of hydrogen-bond donors (Lipinski definition) is 2. The van der Waals surface area contributed by atoms with Gasteiger partial charge in [-0.15, -0.1) is 0 Å². The van der Waals surface area contributed by atoms with Crippen molar-refractivity contribution in [1.29, 1.82) is 0 Å². The molecule has 8 nitrogen and oxygen atoms in total. The third-order valence-electron chi connectivity index (χ3n) is 6.01. The maximum Gasteiger partial charge on any atom is 0.271 e. The number of nitrogens with two attached hydrogens (primary N) is 1. The molecule has 0 spiro atoms. The lowest BCUT2D eigenvalue weighted by Crippen LogP contribution is -2.44. The van der Waals surface area contributed by atoms with Crippen LogP contribution in [0.1, 0.15) is 33.7 Å². The largest absolute Gasteiger partial charge is 0.364 e. The van der Waals surface area contributed by atoms with E-state index in [1.165, 1.54) is 4.68 Å². The molecule has 0 unspecified atom stereocenters. The molecule has 3 aromatic rings. The summed E-state index contributed by atoms with van der Waals surface area (Å²) in [5.41, 5.74) is 7.71. The first-order valence-corrected chi connectivity index (χ1v) is 11.7. The monoisotopic (exact) mass is 500 g/mol. The van der Waals surface area contributed by atoms with E-state index < -0.39 is 5.91 Å². The number of primary amides is 1. The summed E-state index contributed by atoms with van der Waals surface area (Å²) in [7, 11) is 4.15. The topological polar surface area (TPSA) is 96.5 Å². The van der Waals surface area contributed by atoms with Gasteiger partial charge in [0.05, 0.1) is 21.9 Å². The molecule has 2 aromatic carbocycles. The summed E-state index contributed by atoms with van der Waals surface area (Å²) in [6, 6.07) is 12.7.